The Labute approximate surface area is 127 Å². The molecule has 1 N–H and O–H groups in total. The Bertz CT molecular complexity index is 602. The number of anilines is 1. The first-order valence-electron chi connectivity index (χ1n) is 5.96. The van der Waals surface area contributed by atoms with Crippen LogP contribution in [-0.2, 0) is 9.53 Å². The topological polar surface area (TPSA) is 38.3 Å². The predicted octanol–water partition coefficient (Wildman–Crippen LogP) is 4.32. The minimum Gasteiger partial charge on any atom is -0.367 e. The van der Waals surface area contributed by atoms with Crippen molar-refractivity contribution >= 4 is 34.8 Å². The molecule has 1 amide bonds. The van der Waals surface area contributed by atoms with Crippen molar-refractivity contribution in [1.29, 1.82) is 0 Å². The lowest BCUT2D eigenvalue weighted by molar-refractivity contribution is -0.126. The molecule has 0 spiro atoms. The van der Waals surface area contributed by atoms with E-state index in [1.54, 1.807) is 18.2 Å². The monoisotopic (exact) mass is 309 g/mol. The van der Waals surface area contributed by atoms with Crippen molar-refractivity contribution in [1.82, 2.24) is 0 Å². The molecule has 0 aliphatic rings. The van der Waals surface area contributed by atoms with Crippen LogP contribution in [0.15, 0.2) is 48.5 Å². The summed E-state index contributed by atoms with van der Waals surface area (Å²) in [5, 5.41) is 3.42. The van der Waals surface area contributed by atoms with Gasteiger partial charge in [-0.25, -0.2) is 0 Å². The summed E-state index contributed by atoms with van der Waals surface area (Å²) >= 11 is 12.0. The third-order valence-corrected chi connectivity index (χ3v) is 3.60. The van der Waals surface area contributed by atoms with Crippen LogP contribution in [0.25, 0.3) is 0 Å². The molecule has 0 aromatic heterocycles. The lowest BCUT2D eigenvalue weighted by Gasteiger charge is -2.16. The van der Waals surface area contributed by atoms with Gasteiger partial charge in [0.25, 0.3) is 5.91 Å². The Hall–Kier alpha value is -1.55. The molecule has 0 fully saturated rings. The summed E-state index contributed by atoms with van der Waals surface area (Å²) in [6.07, 6.45) is -0.703. The van der Waals surface area contributed by atoms with Crippen molar-refractivity contribution < 1.29 is 9.53 Å². The lowest BCUT2D eigenvalue weighted by Crippen LogP contribution is -2.22. The molecule has 3 nitrogen and oxygen atoms in total. The minimum atomic E-state index is -0.703. The van der Waals surface area contributed by atoms with Crippen LogP contribution in [0.2, 0.25) is 10.0 Å². The summed E-state index contributed by atoms with van der Waals surface area (Å²) in [7, 11) is 1.48. The Balaban J connectivity index is 2.20. The van der Waals surface area contributed by atoms with E-state index in [9.17, 15) is 4.79 Å². The molecule has 0 aliphatic carbocycles. The van der Waals surface area contributed by atoms with Crippen LogP contribution in [-0.4, -0.2) is 13.0 Å². The predicted molar refractivity (Wildman–Crippen MR) is 81.3 cm³/mol. The SMILES string of the molecule is CO[C@@H](C(=O)Nc1cccc(Cl)c1Cl)c1ccccc1. The highest BCUT2D eigenvalue weighted by Gasteiger charge is 2.20. The average Bonchev–Trinajstić information content (AvgIpc) is 2.46. The molecule has 1 atom stereocenters. The van der Waals surface area contributed by atoms with Gasteiger partial charge in [0, 0.05) is 7.11 Å². The van der Waals surface area contributed by atoms with Gasteiger partial charge in [-0.15, -0.1) is 0 Å². The van der Waals surface area contributed by atoms with Gasteiger partial charge in [-0.3, -0.25) is 4.79 Å². The summed E-state index contributed by atoms with van der Waals surface area (Å²) in [5.41, 5.74) is 1.23. The van der Waals surface area contributed by atoms with Gasteiger partial charge in [-0.2, -0.15) is 0 Å². The first-order valence-corrected chi connectivity index (χ1v) is 6.71. The highest BCUT2D eigenvalue weighted by atomic mass is 35.5. The summed E-state index contributed by atoms with van der Waals surface area (Å²) in [6, 6.07) is 14.3. The van der Waals surface area contributed by atoms with Crippen molar-refractivity contribution in [3.63, 3.8) is 0 Å². The molecule has 0 heterocycles. The Morgan fingerprint density at radius 3 is 2.45 bits per heavy atom. The van der Waals surface area contributed by atoms with Gasteiger partial charge < -0.3 is 10.1 Å². The quantitative estimate of drug-likeness (QED) is 0.913. The molecule has 0 saturated carbocycles. The summed E-state index contributed by atoms with van der Waals surface area (Å²) < 4.78 is 5.25. The zero-order valence-electron chi connectivity index (χ0n) is 10.8. The van der Waals surface area contributed by atoms with Crippen molar-refractivity contribution in [3.05, 3.63) is 64.1 Å². The molecule has 5 heteroatoms. The summed E-state index contributed by atoms with van der Waals surface area (Å²) in [6.45, 7) is 0. The van der Waals surface area contributed by atoms with Gasteiger partial charge in [-0.05, 0) is 17.7 Å². The number of rotatable bonds is 4. The molecule has 2 aromatic rings. The summed E-state index contributed by atoms with van der Waals surface area (Å²) in [4.78, 5) is 12.3. The van der Waals surface area contributed by atoms with E-state index in [4.69, 9.17) is 27.9 Å². The second-order valence-electron chi connectivity index (χ2n) is 4.12. The molecule has 0 saturated heterocycles. The molecule has 2 rings (SSSR count). The van der Waals surface area contributed by atoms with Crippen LogP contribution in [0.3, 0.4) is 0 Å². The zero-order valence-corrected chi connectivity index (χ0v) is 12.3. The van der Waals surface area contributed by atoms with E-state index in [1.165, 1.54) is 7.11 Å². The van der Waals surface area contributed by atoms with Gasteiger partial charge in [-0.1, -0.05) is 59.6 Å². The summed E-state index contributed by atoms with van der Waals surface area (Å²) in [5.74, 6) is -0.303. The molecule has 20 heavy (non-hydrogen) atoms. The molecule has 2 aromatic carbocycles. The minimum absolute atomic E-state index is 0.303. The Morgan fingerprint density at radius 1 is 1.10 bits per heavy atom. The maximum atomic E-state index is 12.3. The molecule has 104 valence electrons. The van der Waals surface area contributed by atoms with E-state index in [-0.39, 0.29) is 5.91 Å². The second-order valence-corrected chi connectivity index (χ2v) is 4.90. The van der Waals surface area contributed by atoms with Crippen LogP contribution < -0.4 is 5.32 Å². The first kappa shape index (κ1) is 14.9. The number of carbonyl (C=O) groups excluding carboxylic acids is 1. The maximum Gasteiger partial charge on any atom is 0.258 e. The van der Waals surface area contributed by atoms with Gasteiger partial charge in [0.2, 0.25) is 0 Å². The van der Waals surface area contributed by atoms with E-state index < -0.39 is 6.10 Å². The third-order valence-electron chi connectivity index (χ3n) is 2.79. The molecule has 0 unspecified atom stereocenters. The van der Waals surface area contributed by atoms with Gasteiger partial charge in [0.15, 0.2) is 6.10 Å². The van der Waals surface area contributed by atoms with E-state index in [0.717, 1.165) is 5.56 Å². The van der Waals surface area contributed by atoms with Crippen LogP contribution in [0.5, 0.6) is 0 Å². The number of hydrogen-bond donors (Lipinski definition) is 1. The Morgan fingerprint density at radius 2 is 1.80 bits per heavy atom. The standard InChI is InChI=1S/C15H13Cl2NO2/c1-20-14(10-6-3-2-4-7-10)15(19)18-12-9-5-8-11(16)13(12)17/h2-9,14H,1H3,(H,18,19)/t14-/m1/s1. The fourth-order valence-corrected chi connectivity index (χ4v) is 2.17. The fourth-order valence-electron chi connectivity index (χ4n) is 1.82. The van der Waals surface area contributed by atoms with Crippen LogP contribution in [0.4, 0.5) is 5.69 Å². The van der Waals surface area contributed by atoms with E-state index in [1.807, 2.05) is 30.3 Å². The molecular weight excluding hydrogens is 297 g/mol. The molecular formula is C15H13Cl2NO2. The molecule has 0 radical (unpaired) electrons. The highest BCUT2D eigenvalue weighted by molar-refractivity contribution is 6.44. The largest absolute Gasteiger partial charge is 0.367 e. The van der Waals surface area contributed by atoms with Crippen molar-refractivity contribution in [2.45, 2.75) is 6.10 Å². The van der Waals surface area contributed by atoms with E-state index >= 15 is 0 Å². The van der Waals surface area contributed by atoms with Gasteiger partial charge >= 0.3 is 0 Å². The number of carbonyl (C=O) groups is 1. The normalized spacial score (nSPS) is 11.9. The van der Waals surface area contributed by atoms with E-state index in [2.05, 4.69) is 5.32 Å². The number of amides is 1. The average molecular weight is 310 g/mol. The van der Waals surface area contributed by atoms with E-state index in [0.29, 0.717) is 15.7 Å². The number of nitrogens with one attached hydrogen (secondary N) is 1. The van der Waals surface area contributed by atoms with Crippen LogP contribution >= 0.6 is 23.2 Å². The number of hydrogen-bond acceptors (Lipinski definition) is 2. The molecule has 0 bridgehead atoms. The van der Waals surface area contributed by atoms with Crippen molar-refractivity contribution in [2.75, 3.05) is 12.4 Å². The number of halogens is 2. The maximum absolute atomic E-state index is 12.3. The van der Waals surface area contributed by atoms with Crippen LogP contribution in [0, 0.1) is 0 Å². The van der Waals surface area contributed by atoms with Gasteiger partial charge in [0.1, 0.15) is 0 Å². The fraction of sp³-hybridized carbons (Fsp3) is 0.133. The number of ether oxygens (including phenoxy) is 1. The molecule has 0 aliphatic heterocycles. The highest BCUT2D eigenvalue weighted by Crippen LogP contribution is 2.30. The smallest absolute Gasteiger partial charge is 0.258 e. The lowest BCUT2D eigenvalue weighted by atomic mass is 10.1. The third kappa shape index (κ3) is 3.31. The van der Waals surface area contributed by atoms with Gasteiger partial charge in [0.05, 0.1) is 15.7 Å². The zero-order chi connectivity index (χ0) is 14.5. The number of benzene rings is 2. The second kappa shape index (κ2) is 6.75. The first-order chi connectivity index (χ1) is 9.63. The van der Waals surface area contributed by atoms with Crippen molar-refractivity contribution in [2.24, 2.45) is 0 Å². The van der Waals surface area contributed by atoms with Crippen LogP contribution in [0.1, 0.15) is 11.7 Å². The van der Waals surface area contributed by atoms with Crippen molar-refractivity contribution in [3.8, 4) is 0 Å². The number of methoxy groups -OCH3 is 1. The Kier molecular flexibility index (Phi) is 5.01.